The molecular weight excluding hydrogens is 226 g/mol. The minimum atomic E-state index is 0.264. The molecule has 1 aliphatic heterocycles. The maximum atomic E-state index is 12.6. The Kier molecular flexibility index (Phi) is 4.87. The van der Waals surface area contributed by atoms with Crippen molar-refractivity contribution in [3.05, 3.63) is 0 Å². The average molecular weight is 253 g/mol. The fourth-order valence-corrected chi connectivity index (χ4v) is 2.94. The van der Waals surface area contributed by atoms with Gasteiger partial charge in [-0.15, -0.1) is 0 Å². The van der Waals surface area contributed by atoms with Crippen molar-refractivity contribution >= 4 is 6.03 Å². The minimum Gasteiger partial charge on any atom is -0.330 e. The van der Waals surface area contributed by atoms with E-state index in [0.29, 0.717) is 18.5 Å². The molecule has 18 heavy (non-hydrogen) atoms. The maximum Gasteiger partial charge on any atom is 0.320 e. The van der Waals surface area contributed by atoms with Crippen molar-refractivity contribution in [3.63, 3.8) is 0 Å². The van der Waals surface area contributed by atoms with Crippen LogP contribution in [0, 0.1) is 5.92 Å². The highest BCUT2D eigenvalue weighted by Crippen LogP contribution is 2.27. The van der Waals surface area contributed by atoms with Crippen LogP contribution in [0.2, 0.25) is 0 Å². The van der Waals surface area contributed by atoms with Crippen LogP contribution in [-0.2, 0) is 0 Å². The molecule has 0 aromatic rings. The number of rotatable bonds is 4. The number of hydrogen-bond acceptors (Lipinski definition) is 2. The van der Waals surface area contributed by atoms with Gasteiger partial charge in [-0.3, -0.25) is 0 Å². The molecule has 1 heterocycles. The van der Waals surface area contributed by atoms with Gasteiger partial charge in [-0.1, -0.05) is 6.92 Å². The van der Waals surface area contributed by atoms with Crippen LogP contribution in [0.5, 0.6) is 0 Å². The largest absolute Gasteiger partial charge is 0.330 e. The number of nitrogens with two attached hydrogens (primary N) is 1. The van der Waals surface area contributed by atoms with Crippen LogP contribution in [0.15, 0.2) is 0 Å². The summed E-state index contributed by atoms with van der Waals surface area (Å²) < 4.78 is 0. The molecule has 4 nitrogen and oxygen atoms in total. The quantitative estimate of drug-likeness (QED) is 0.833. The Bertz CT molecular complexity index is 278. The van der Waals surface area contributed by atoms with Crippen molar-refractivity contribution in [2.45, 2.75) is 51.5 Å². The highest BCUT2D eigenvalue weighted by atomic mass is 16.2. The van der Waals surface area contributed by atoms with Crippen molar-refractivity contribution < 1.29 is 4.79 Å². The van der Waals surface area contributed by atoms with Gasteiger partial charge in [-0.25, -0.2) is 4.79 Å². The zero-order valence-corrected chi connectivity index (χ0v) is 11.6. The minimum absolute atomic E-state index is 0.264. The zero-order valence-electron chi connectivity index (χ0n) is 11.6. The number of likely N-dealkylation sites (tertiary alicyclic amines) is 1. The van der Waals surface area contributed by atoms with Gasteiger partial charge in [0.2, 0.25) is 0 Å². The van der Waals surface area contributed by atoms with Gasteiger partial charge in [0.15, 0.2) is 0 Å². The van der Waals surface area contributed by atoms with Gasteiger partial charge < -0.3 is 15.5 Å². The van der Waals surface area contributed by atoms with Crippen molar-refractivity contribution in [1.82, 2.24) is 9.80 Å². The number of piperidine rings is 1. The third-order valence-corrected chi connectivity index (χ3v) is 4.29. The molecule has 104 valence electrons. The van der Waals surface area contributed by atoms with Crippen LogP contribution in [0.4, 0.5) is 4.79 Å². The summed E-state index contributed by atoms with van der Waals surface area (Å²) in [5.41, 5.74) is 5.59. The van der Waals surface area contributed by atoms with Crippen molar-refractivity contribution in [1.29, 1.82) is 0 Å². The molecule has 4 heteroatoms. The van der Waals surface area contributed by atoms with E-state index in [4.69, 9.17) is 5.73 Å². The molecule has 1 unspecified atom stereocenters. The summed E-state index contributed by atoms with van der Waals surface area (Å²) in [5, 5.41) is 0. The van der Waals surface area contributed by atoms with Gasteiger partial charge in [0, 0.05) is 25.7 Å². The van der Waals surface area contributed by atoms with Crippen LogP contribution in [-0.4, -0.2) is 48.1 Å². The van der Waals surface area contributed by atoms with Gasteiger partial charge in [-0.05, 0) is 51.0 Å². The van der Waals surface area contributed by atoms with E-state index in [1.807, 2.05) is 0 Å². The average Bonchev–Trinajstić information content (AvgIpc) is 2.31. The van der Waals surface area contributed by atoms with E-state index in [0.717, 1.165) is 32.5 Å². The molecule has 1 saturated carbocycles. The Morgan fingerprint density at radius 2 is 2.11 bits per heavy atom. The van der Waals surface area contributed by atoms with E-state index in [-0.39, 0.29) is 6.03 Å². The second kappa shape index (κ2) is 6.41. The van der Waals surface area contributed by atoms with Gasteiger partial charge in [0.1, 0.15) is 0 Å². The van der Waals surface area contributed by atoms with Crippen molar-refractivity contribution in [2.75, 3.05) is 26.2 Å². The standard InChI is InChI=1S/C14H27N3O/c1-12-5-3-9-16(11-12)14(18)17(10-4-8-15)13-6-2-7-13/h12-13H,2-11,15H2,1H3. The number of hydrogen-bond donors (Lipinski definition) is 1. The molecule has 2 rings (SSSR count). The third-order valence-electron chi connectivity index (χ3n) is 4.29. The molecular formula is C14H27N3O. The summed E-state index contributed by atoms with van der Waals surface area (Å²) in [6.07, 6.45) is 6.97. The van der Waals surface area contributed by atoms with Gasteiger partial charge >= 0.3 is 6.03 Å². The highest BCUT2D eigenvalue weighted by Gasteiger charge is 2.32. The fraction of sp³-hybridized carbons (Fsp3) is 0.929. The highest BCUT2D eigenvalue weighted by molar-refractivity contribution is 5.75. The Morgan fingerprint density at radius 3 is 2.67 bits per heavy atom. The monoisotopic (exact) mass is 253 g/mol. The van der Waals surface area contributed by atoms with Crippen molar-refractivity contribution in [3.8, 4) is 0 Å². The summed E-state index contributed by atoms with van der Waals surface area (Å²) in [5.74, 6) is 0.653. The predicted octanol–water partition coefficient (Wildman–Crippen LogP) is 2.04. The lowest BCUT2D eigenvalue weighted by atomic mass is 9.91. The molecule has 2 aliphatic rings. The van der Waals surface area contributed by atoms with E-state index in [1.165, 1.54) is 25.7 Å². The first kappa shape index (κ1) is 13.7. The second-order valence-electron chi connectivity index (χ2n) is 5.90. The Morgan fingerprint density at radius 1 is 1.33 bits per heavy atom. The van der Waals surface area contributed by atoms with Crippen LogP contribution in [0.3, 0.4) is 0 Å². The second-order valence-corrected chi connectivity index (χ2v) is 5.90. The molecule has 0 spiro atoms. The van der Waals surface area contributed by atoms with Crippen LogP contribution in [0.1, 0.15) is 45.4 Å². The Labute approximate surface area is 110 Å². The molecule has 1 aliphatic carbocycles. The Balaban J connectivity index is 1.93. The maximum absolute atomic E-state index is 12.6. The van der Waals surface area contributed by atoms with Gasteiger partial charge in [-0.2, -0.15) is 0 Å². The van der Waals surface area contributed by atoms with E-state index < -0.39 is 0 Å². The summed E-state index contributed by atoms with van der Waals surface area (Å²) in [6.45, 7) is 5.63. The lowest BCUT2D eigenvalue weighted by Gasteiger charge is -2.42. The number of carbonyl (C=O) groups excluding carboxylic acids is 1. The number of carbonyl (C=O) groups is 1. The zero-order chi connectivity index (χ0) is 13.0. The van der Waals surface area contributed by atoms with Crippen LogP contribution >= 0.6 is 0 Å². The molecule has 2 fully saturated rings. The van der Waals surface area contributed by atoms with Crippen LogP contribution in [0.25, 0.3) is 0 Å². The summed E-state index contributed by atoms with van der Waals surface area (Å²) in [4.78, 5) is 16.7. The summed E-state index contributed by atoms with van der Waals surface area (Å²) in [7, 11) is 0. The molecule has 1 atom stereocenters. The molecule has 2 amide bonds. The molecule has 2 N–H and O–H groups in total. The molecule has 0 radical (unpaired) electrons. The van der Waals surface area contributed by atoms with E-state index in [2.05, 4.69) is 16.7 Å². The van der Waals surface area contributed by atoms with Crippen LogP contribution < -0.4 is 5.73 Å². The smallest absolute Gasteiger partial charge is 0.320 e. The molecule has 0 aromatic carbocycles. The molecule has 1 saturated heterocycles. The summed E-state index contributed by atoms with van der Waals surface area (Å²) >= 11 is 0. The normalized spacial score (nSPS) is 24.8. The fourth-order valence-electron chi connectivity index (χ4n) is 2.94. The predicted molar refractivity (Wildman–Crippen MR) is 73.4 cm³/mol. The lowest BCUT2D eigenvalue weighted by molar-refractivity contribution is 0.0922. The number of amides is 2. The number of urea groups is 1. The van der Waals surface area contributed by atoms with Crippen molar-refractivity contribution in [2.24, 2.45) is 11.7 Å². The van der Waals surface area contributed by atoms with Gasteiger partial charge in [0.25, 0.3) is 0 Å². The third kappa shape index (κ3) is 3.16. The number of nitrogens with zero attached hydrogens (tertiary/aromatic N) is 2. The SMILES string of the molecule is CC1CCCN(C(=O)N(CCCN)C2CCC2)C1. The first-order valence-electron chi connectivity index (χ1n) is 7.48. The van der Waals surface area contributed by atoms with E-state index in [9.17, 15) is 4.79 Å². The first-order valence-corrected chi connectivity index (χ1v) is 7.48. The molecule has 0 aromatic heterocycles. The Hall–Kier alpha value is -0.770. The topological polar surface area (TPSA) is 49.6 Å². The van der Waals surface area contributed by atoms with Gasteiger partial charge in [0.05, 0.1) is 0 Å². The first-order chi connectivity index (χ1) is 8.72. The molecule has 0 bridgehead atoms. The lowest BCUT2D eigenvalue weighted by Crippen LogP contribution is -2.53. The summed E-state index contributed by atoms with van der Waals surface area (Å²) in [6, 6.07) is 0.751. The van der Waals surface area contributed by atoms with E-state index >= 15 is 0 Å². The van der Waals surface area contributed by atoms with E-state index in [1.54, 1.807) is 0 Å².